The normalized spacial score (nSPS) is 9.15. The smallest absolute Gasteiger partial charge is 0.0702 e. The van der Waals surface area contributed by atoms with Crippen LogP contribution in [0.1, 0.15) is 19.4 Å². The van der Waals surface area contributed by atoms with Crippen LogP contribution in [-0.2, 0) is 0 Å². The van der Waals surface area contributed by atoms with Crippen LogP contribution in [0.5, 0.6) is 0 Å². The number of hydrogen-bond donors (Lipinski definition) is 0. The Hall–Kier alpha value is -1.37. The lowest BCUT2D eigenvalue weighted by molar-refractivity contribution is 1.39. The van der Waals surface area contributed by atoms with Gasteiger partial charge in [0.15, 0.2) is 0 Å². The number of pyridine rings is 1. The third-order valence-electron chi connectivity index (χ3n) is 1.76. The highest BCUT2D eigenvalue weighted by Crippen LogP contribution is 2.11. The molecule has 0 spiro atoms. The second-order valence-corrected chi connectivity index (χ2v) is 2.70. The fourth-order valence-electron chi connectivity index (χ4n) is 1.20. The number of aromatic nitrogens is 1. The van der Waals surface area contributed by atoms with Crippen LogP contribution < -0.4 is 0 Å². The van der Waals surface area contributed by atoms with Gasteiger partial charge in [0.1, 0.15) is 0 Å². The van der Waals surface area contributed by atoms with E-state index >= 15 is 0 Å². The second kappa shape index (κ2) is 4.61. The predicted octanol–water partition coefficient (Wildman–Crippen LogP) is 3.57. The van der Waals surface area contributed by atoms with Crippen LogP contribution in [0.15, 0.2) is 36.5 Å². The van der Waals surface area contributed by atoms with E-state index in [0.717, 1.165) is 5.52 Å². The quantitative estimate of drug-likeness (QED) is 0.593. The van der Waals surface area contributed by atoms with Crippen molar-refractivity contribution in [2.45, 2.75) is 20.8 Å². The molecule has 0 radical (unpaired) electrons. The highest BCUT2D eigenvalue weighted by molar-refractivity contribution is 5.78. The van der Waals surface area contributed by atoms with E-state index in [-0.39, 0.29) is 0 Å². The van der Waals surface area contributed by atoms with Gasteiger partial charge in [-0.05, 0) is 25.1 Å². The number of hydrogen-bond acceptors (Lipinski definition) is 1. The van der Waals surface area contributed by atoms with Crippen LogP contribution in [-0.4, -0.2) is 4.98 Å². The van der Waals surface area contributed by atoms with Gasteiger partial charge in [0.25, 0.3) is 0 Å². The van der Waals surface area contributed by atoms with E-state index in [9.17, 15) is 0 Å². The zero-order chi connectivity index (χ0) is 9.68. The zero-order valence-corrected chi connectivity index (χ0v) is 8.41. The molecule has 0 aliphatic carbocycles. The largest absolute Gasteiger partial charge is 0.256 e. The minimum absolute atomic E-state index is 1.07. The highest BCUT2D eigenvalue weighted by atomic mass is 14.6. The Morgan fingerprint density at radius 2 is 1.85 bits per heavy atom. The first-order chi connectivity index (χ1) is 6.36. The molecule has 2 aromatic rings. The minimum Gasteiger partial charge on any atom is -0.256 e. The van der Waals surface area contributed by atoms with E-state index < -0.39 is 0 Å². The summed E-state index contributed by atoms with van der Waals surface area (Å²) in [7, 11) is 0. The van der Waals surface area contributed by atoms with Crippen LogP contribution in [0.2, 0.25) is 0 Å². The highest BCUT2D eigenvalue weighted by Gasteiger charge is 1.90. The van der Waals surface area contributed by atoms with Gasteiger partial charge in [-0.1, -0.05) is 31.5 Å². The van der Waals surface area contributed by atoms with E-state index in [4.69, 9.17) is 0 Å². The molecular formula is C12H15N. The summed E-state index contributed by atoms with van der Waals surface area (Å²) in [4.78, 5) is 4.22. The predicted molar refractivity (Wildman–Crippen MR) is 57.8 cm³/mol. The Morgan fingerprint density at radius 3 is 2.62 bits per heavy atom. The molecule has 0 atom stereocenters. The molecular weight excluding hydrogens is 158 g/mol. The molecule has 68 valence electrons. The van der Waals surface area contributed by atoms with Crippen molar-refractivity contribution in [1.29, 1.82) is 0 Å². The molecule has 1 heteroatoms. The Kier molecular flexibility index (Phi) is 3.44. The van der Waals surface area contributed by atoms with Gasteiger partial charge < -0.3 is 0 Å². The molecule has 2 rings (SSSR count). The lowest BCUT2D eigenvalue weighted by Crippen LogP contribution is -1.77. The minimum atomic E-state index is 1.07. The SMILES string of the molecule is CC.Cc1ccc2ncccc2c1. The zero-order valence-electron chi connectivity index (χ0n) is 8.41. The standard InChI is InChI=1S/C10H9N.C2H6/c1-8-4-5-10-9(7-8)3-2-6-11-10;1-2/h2-7H,1H3;1-2H3. The molecule has 0 saturated heterocycles. The summed E-state index contributed by atoms with van der Waals surface area (Å²) in [6.45, 7) is 6.09. The van der Waals surface area contributed by atoms with Crippen LogP contribution in [0.3, 0.4) is 0 Å². The molecule has 0 aliphatic heterocycles. The molecule has 0 unspecified atom stereocenters. The molecule has 0 aliphatic rings. The number of rotatable bonds is 0. The van der Waals surface area contributed by atoms with Crippen LogP contribution in [0, 0.1) is 6.92 Å². The van der Waals surface area contributed by atoms with Crippen LogP contribution in [0.4, 0.5) is 0 Å². The average Bonchev–Trinajstić information content (AvgIpc) is 2.21. The summed E-state index contributed by atoms with van der Waals surface area (Å²) in [5.41, 5.74) is 2.35. The van der Waals surface area contributed by atoms with Gasteiger partial charge in [0.2, 0.25) is 0 Å². The molecule has 1 heterocycles. The van der Waals surface area contributed by atoms with E-state index in [1.165, 1.54) is 10.9 Å². The van der Waals surface area contributed by atoms with Crippen LogP contribution in [0.25, 0.3) is 10.9 Å². The molecule has 1 nitrogen and oxygen atoms in total. The van der Waals surface area contributed by atoms with E-state index in [1.807, 2.05) is 32.2 Å². The number of fused-ring (bicyclic) bond motifs is 1. The van der Waals surface area contributed by atoms with Crippen molar-refractivity contribution in [2.75, 3.05) is 0 Å². The first kappa shape index (κ1) is 9.72. The van der Waals surface area contributed by atoms with E-state index in [1.54, 1.807) is 0 Å². The van der Waals surface area contributed by atoms with Crippen LogP contribution >= 0.6 is 0 Å². The fraction of sp³-hybridized carbons (Fsp3) is 0.250. The van der Waals surface area contributed by atoms with Gasteiger partial charge in [0, 0.05) is 11.6 Å². The lowest BCUT2D eigenvalue weighted by Gasteiger charge is -1.95. The topological polar surface area (TPSA) is 12.9 Å². The summed E-state index contributed by atoms with van der Waals surface area (Å²) < 4.78 is 0. The maximum absolute atomic E-state index is 4.22. The molecule has 0 fully saturated rings. The lowest BCUT2D eigenvalue weighted by atomic mass is 10.1. The van der Waals surface area contributed by atoms with Crippen molar-refractivity contribution in [2.24, 2.45) is 0 Å². The summed E-state index contributed by atoms with van der Waals surface area (Å²) in [5.74, 6) is 0. The molecule has 0 N–H and O–H groups in total. The number of aryl methyl sites for hydroxylation is 1. The molecule has 13 heavy (non-hydrogen) atoms. The summed E-state index contributed by atoms with van der Waals surface area (Å²) >= 11 is 0. The maximum Gasteiger partial charge on any atom is 0.0702 e. The summed E-state index contributed by atoms with van der Waals surface area (Å²) in [6, 6.07) is 10.3. The molecule has 1 aromatic heterocycles. The Labute approximate surface area is 79.4 Å². The first-order valence-electron chi connectivity index (χ1n) is 4.68. The van der Waals surface area contributed by atoms with Gasteiger partial charge in [-0.3, -0.25) is 4.98 Å². The van der Waals surface area contributed by atoms with Gasteiger partial charge in [0.05, 0.1) is 5.52 Å². The van der Waals surface area contributed by atoms with Crippen molar-refractivity contribution in [3.8, 4) is 0 Å². The molecule has 0 amide bonds. The monoisotopic (exact) mass is 173 g/mol. The van der Waals surface area contributed by atoms with Gasteiger partial charge in [-0.2, -0.15) is 0 Å². The Bertz CT molecular complexity index is 380. The second-order valence-electron chi connectivity index (χ2n) is 2.70. The average molecular weight is 173 g/mol. The van der Waals surface area contributed by atoms with Crippen molar-refractivity contribution < 1.29 is 0 Å². The summed E-state index contributed by atoms with van der Waals surface area (Å²) in [5, 5.41) is 1.22. The van der Waals surface area contributed by atoms with Gasteiger partial charge in [-0.15, -0.1) is 0 Å². The van der Waals surface area contributed by atoms with Crippen molar-refractivity contribution in [3.63, 3.8) is 0 Å². The number of benzene rings is 1. The van der Waals surface area contributed by atoms with Crippen molar-refractivity contribution >= 4 is 10.9 Å². The molecule has 0 saturated carbocycles. The Morgan fingerprint density at radius 1 is 1.08 bits per heavy atom. The maximum atomic E-state index is 4.22. The summed E-state index contributed by atoms with van der Waals surface area (Å²) in [6.07, 6.45) is 1.82. The third kappa shape index (κ3) is 2.28. The number of nitrogens with zero attached hydrogens (tertiary/aromatic N) is 1. The third-order valence-corrected chi connectivity index (χ3v) is 1.76. The Balaban J connectivity index is 0.000000396. The van der Waals surface area contributed by atoms with Crippen molar-refractivity contribution in [1.82, 2.24) is 4.98 Å². The first-order valence-corrected chi connectivity index (χ1v) is 4.68. The molecule has 0 bridgehead atoms. The van der Waals surface area contributed by atoms with E-state index in [2.05, 4.69) is 30.1 Å². The fourth-order valence-corrected chi connectivity index (χ4v) is 1.20. The van der Waals surface area contributed by atoms with Gasteiger partial charge in [-0.25, -0.2) is 0 Å². The molecule has 1 aromatic carbocycles. The van der Waals surface area contributed by atoms with Crippen molar-refractivity contribution in [3.05, 3.63) is 42.1 Å². The van der Waals surface area contributed by atoms with E-state index in [0.29, 0.717) is 0 Å². The van der Waals surface area contributed by atoms with Gasteiger partial charge >= 0.3 is 0 Å².